The van der Waals surface area contributed by atoms with E-state index in [1.54, 1.807) is 19.5 Å². The van der Waals surface area contributed by atoms with Crippen molar-refractivity contribution in [3.63, 3.8) is 0 Å². The standard InChI is InChI=1S/C21H19N5O2/c1-28-16-4-2-13-9-22-19(8-14(13)6-16)20-25-18-5-3-12(15-10-23-24-11-15)7-17(18)21(27)26-20/h2-7,10-11,19,22H,8-9H2,1H3,(H,23,24)(H,25,26,27)/t19-/m1/s1. The van der Waals surface area contributed by atoms with Crippen LogP contribution in [0.25, 0.3) is 22.0 Å². The second-order valence-corrected chi connectivity index (χ2v) is 6.94. The summed E-state index contributed by atoms with van der Waals surface area (Å²) < 4.78 is 5.34. The number of hydrogen-bond donors (Lipinski definition) is 3. The van der Waals surface area contributed by atoms with Gasteiger partial charge in [-0.15, -0.1) is 0 Å². The minimum Gasteiger partial charge on any atom is -0.497 e. The molecular formula is C21H19N5O2. The fourth-order valence-corrected chi connectivity index (χ4v) is 3.72. The molecule has 0 bridgehead atoms. The topological polar surface area (TPSA) is 95.7 Å². The zero-order valence-electron chi connectivity index (χ0n) is 15.3. The van der Waals surface area contributed by atoms with Gasteiger partial charge >= 0.3 is 0 Å². The average molecular weight is 373 g/mol. The Kier molecular flexibility index (Phi) is 3.95. The van der Waals surface area contributed by atoms with Gasteiger partial charge in [-0.05, 0) is 47.4 Å². The number of nitrogens with zero attached hydrogens (tertiary/aromatic N) is 2. The molecule has 0 spiro atoms. The van der Waals surface area contributed by atoms with Crippen molar-refractivity contribution in [2.24, 2.45) is 0 Å². The molecule has 7 nitrogen and oxygen atoms in total. The second kappa shape index (κ2) is 6.61. The lowest BCUT2D eigenvalue weighted by Crippen LogP contribution is -2.31. The molecule has 28 heavy (non-hydrogen) atoms. The summed E-state index contributed by atoms with van der Waals surface area (Å²) in [7, 11) is 1.67. The Hall–Kier alpha value is -3.45. The smallest absolute Gasteiger partial charge is 0.258 e. The predicted molar refractivity (Wildman–Crippen MR) is 106 cm³/mol. The van der Waals surface area contributed by atoms with Gasteiger partial charge in [0.2, 0.25) is 0 Å². The Balaban J connectivity index is 1.51. The summed E-state index contributed by atoms with van der Waals surface area (Å²) in [6.07, 6.45) is 4.28. The molecule has 2 aromatic carbocycles. The highest BCUT2D eigenvalue weighted by molar-refractivity contribution is 5.83. The Bertz CT molecular complexity index is 1210. The first-order valence-corrected chi connectivity index (χ1v) is 9.13. The molecule has 0 amide bonds. The lowest BCUT2D eigenvalue weighted by Gasteiger charge is -2.26. The maximum absolute atomic E-state index is 12.7. The first-order chi connectivity index (χ1) is 13.7. The average Bonchev–Trinajstić information content (AvgIpc) is 3.27. The van der Waals surface area contributed by atoms with Gasteiger partial charge in [0.1, 0.15) is 11.6 Å². The van der Waals surface area contributed by atoms with E-state index in [0.29, 0.717) is 16.7 Å². The van der Waals surface area contributed by atoms with Crippen molar-refractivity contribution in [3.05, 3.63) is 76.1 Å². The number of H-pyrrole nitrogens is 2. The molecule has 140 valence electrons. The zero-order chi connectivity index (χ0) is 19.1. The van der Waals surface area contributed by atoms with E-state index >= 15 is 0 Å². The lowest BCUT2D eigenvalue weighted by molar-refractivity contribution is 0.411. The highest BCUT2D eigenvalue weighted by atomic mass is 16.5. The molecule has 0 unspecified atom stereocenters. The Labute approximate surface area is 160 Å². The number of rotatable bonds is 3. The van der Waals surface area contributed by atoms with E-state index in [-0.39, 0.29) is 11.6 Å². The monoisotopic (exact) mass is 373 g/mol. The van der Waals surface area contributed by atoms with Crippen LogP contribution in [-0.2, 0) is 13.0 Å². The summed E-state index contributed by atoms with van der Waals surface area (Å²) >= 11 is 0. The van der Waals surface area contributed by atoms with Crippen LogP contribution in [0.1, 0.15) is 23.0 Å². The van der Waals surface area contributed by atoms with E-state index in [4.69, 9.17) is 9.72 Å². The second-order valence-electron chi connectivity index (χ2n) is 6.94. The molecule has 1 aliphatic rings. The van der Waals surface area contributed by atoms with Crippen LogP contribution in [-0.4, -0.2) is 27.3 Å². The van der Waals surface area contributed by atoms with E-state index in [1.807, 2.05) is 24.3 Å². The molecule has 0 fully saturated rings. The molecule has 3 heterocycles. The van der Waals surface area contributed by atoms with Crippen molar-refractivity contribution in [3.8, 4) is 16.9 Å². The van der Waals surface area contributed by atoms with Crippen molar-refractivity contribution in [1.82, 2.24) is 25.5 Å². The third kappa shape index (κ3) is 2.86. The highest BCUT2D eigenvalue weighted by Crippen LogP contribution is 2.28. The van der Waals surface area contributed by atoms with Crippen LogP contribution in [0, 0.1) is 0 Å². The fourth-order valence-electron chi connectivity index (χ4n) is 3.72. The predicted octanol–water partition coefficient (Wildman–Crippen LogP) is 2.71. The number of fused-ring (bicyclic) bond motifs is 2. The molecule has 0 saturated heterocycles. The number of methoxy groups -OCH3 is 1. The van der Waals surface area contributed by atoms with Crippen molar-refractivity contribution < 1.29 is 4.74 Å². The molecule has 3 N–H and O–H groups in total. The summed E-state index contributed by atoms with van der Waals surface area (Å²) in [5, 5.41) is 10.8. The van der Waals surface area contributed by atoms with Gasteiger partial charge in [-0.25, -0.2) is 4.98 Å². The van der Waals surface area contributed by atoms with Crippen LogP contribution in [0.5, 0.6) is 5.75 Å². The molecule has 4 aromatic rings. The van der Waals surface area contributed by atoms with Gasteiger partial charge in [0.15, 0.2) is 0 Å². The maximum Gasteiger partial charge on any atom is 0.258 e. The molecule has 5 rings (SSSR count). The molecule has 7 heteroatoms. The third-order valence-electron chi connectivity index (χ3n) is 5.26. The van der Waals surface area contributed by atoms with Gasteiger partial charge in [0.05, 0.1) is 30.3 Å². The number of hydrogen-bond acceptors (Lipinski definition) is 5. The minimum atomic E-state index is -0.136. The normalized spacial score (nSPS) is 16.1. The molecule has 0 radical (unpaired) electrons. The van der Waals surface area contributed by atoms with Crippen molar-refractivity contribution in [2.75, 3.05) is 7.11 Å². The maximum atomic E-state index is 12.7. The summed E-state index contributed by atoms with van der Waals surface area (Å²) in [5.41, 5.74) is 4.86. The van der Waals surface area contributed by atoms with Crippen LogP contribution in [0.2, 0.25) is 0 Å². The number of benzene rings is 2. The number of aromatic nitrogens is 4. The van der Waals surface area contributed by atoms with Gasteiger partial charge in [0.25, 0.3) is 5.56 Å². The molecule has 2 aromatic heterocycles. The highest BCUT2D eigenvalue weighted by Gasteiger charge is 2.22. The summed E-state index contributed by atoms with van der Waals surface area (Å²) in [6.45, 7) is 0.727. The summed E-state index contributed by atoms with van der Waals surface area (Å²) in [5.74, 6) is 1.49. The first-order valence-electron chi connectivity index (χ1n) is 9.13. The number of nitrogens with one attached hydrogen (secondary N) is 3. The SMILES string of the molecule is COc1ccc2c(c1)C[C@H](c1nc3ccc(-c4cn[nH]c4)cc3c(=O)[nH]1)NC2. The largest absolute Gasteiger partial charge is 0.497 e. The van der Waals surface area contributed by atoms with Crippen molar-refractivity contribution in [2.45, 2.75) is 19.0 Å². The Morgan fingerprint density at radius 1 is 1.11 bits per heavy atom. The van der Waals surface area contributed by atoms with Crippen molar-refractivity contribution in [1.29, 1.82) is 0 Å². The Morgan fingerprint density at radius 2 is 2.04 bits per heavy atom. The molecule has 0 aliphatic carbocycles. The first kappa shape index (κ1) is 16.7. The number of aromatic amines is 2. The fraction of sp³-hybridized carbons (Fsp3) is 0.190. The number of ether oxygens (including phenoxy) is 1. The van der Waals surface area contributed by atoms with Gasteiger partial charge in [-0.3, -0.25) is 9.89 Å². The van der Waals surface area contributed by atoms with Crippen molar-refractivity contribution >= 4 is 10.9 Å². The molecule has 1 atom stereocenters. The van der Waals surface area contributed by atoms with Crippen LogP contribution in [0.4, 0.5) is 0 Å². The van der Waals surface area contributed by atoms with E-state index in [2.05, 4.69) is 32.6 Å². The van der Waals surface area contributed by atoms with Gasteiger partial charge in [0, 0.05) is 18.3 Å². The van der Waals surface area contributed by atoms with Gasteiger partial charge < -0.3 is 15.0 Å². The zero-order valence-corrected chi connectivity index (χ0v) is 15.3. The van der Waals surface area contributed by atoms with E-state index < -0.39 is 0 Å². The third-order valence-corrected chi connectivity index (χ3v) is 5.26. The molecular weight excluding hydrogens is 354 g/mol. The minimum absolute atomic E-state index is 0.0507. The van der Waals surface area contributed by atoms with Crippen LogP contribution < -0.4 is 15.6 Å². The summed E-state index contributed by atoms with van der Waals surface area (Å²) in [6, 6.07) is 11.7. The van der Waals surface area contributed by atoms with Crippen LogP contribution >= 0.6 is 0 Å². The quantitative estimate of drug-likeness (QED) is 0.513. The van der Waals surface area contributed by atoms with Gasteiger partial charge in [-0.1, -0.05) is 12.1 Å². The molecule has 1 aliphatic heterocycles. The van der Waals surface area contributed by atoms with Crippen LogP contribution in [0.3, 0.4) is 0 Å². The Morgan fingerprint density at radius 3 is 2.86 bits per heavy atom. The van der Waals surface area contributed by atoms with E-state index in [1.165, 1.54) is 11.1 Å². The van der Waals surface area contributed by atoms with E-state index in [9.17, 15) is 4.79 Å². The van der Waals surface area contributed by atoms with E-state index in [0.717, 1.165) is 29.8 Å². The molecule has 0 saturated carbocycles. The summed E-state index contributed by atoms with van der Waals surface area (Å²) in [4.78, 5) is 20.4. The lowest BCUT2D eigenvalue weighted by atomic mass is 9.95. The van der Waals surface area contributed by atoms with Crippen LogP contribution in [0.15, 0.2) is 53.6 Å². The van der Waals surface area contributed by atoms with Gasteiger partial charge in [-0.2, -0.15) is 5.10 Å².